The summed E-state index contributed by atoms with van der Waals surface area (Å²) < 4.78 is 34.4. The van der Waals surface area contributed by atoms with E-state index in [0.717, 1.165) is 14.7 Å². The van der Waals surface area contributed by atoms with Crippen molar-refractivity contribution in [3.8, 4) is 5.75 Å². The predicted molar refractivity (Wildman–Crippen MR) is 136 cm³/mol. The summed E-state index contributed by atoms with van der Waals surface area (Å²) in [6.45, 7) is 5.97. The van der Waals surface area contributed by atoms with E-state index < -0.39 is 10.0 Å². The fourth-order valence-corrected chi connectivity index (χ4v) is 4.45. The van der Waals surface area contributed by atoms with E-state index in [1.165, 1.54) is 12.1 Å². The van der Waals surface area contributed by atoms with Gasteiger partial charge < -0.3 is 10.1 Å². The van der Waals surface area contributed by atoms with E-state index in [2.05, 4.69) is 46.5 Å². The van der Waals surface area contributed by atoms with Crippen LogP contribution in [0.5, 0.6) is 5.75 Å². The number of nitrogens with one attached hydrogen (secondary N) is 2. The highest BCUT2D eigenvalue weighted by atomic mass is 127. The predicted octanol–water partition coefficient (Wildman–Crippen LogP) is 5.54. The van der Waals surface area contributed by atoms with E-state index in [1.807, 2.05) is 37.3 Å². The van der Waals surface area contributed by atoms with Gasteiger partial charge in [-0.3, -0.25) is 9.52 Å². The molecule has 168 valence electrons. The van der Waals surface area contributed by atoms with Gasteiger partial charge in [0.15, 0.2) is 6.61 Å². The molecule has 32 heavy (non-hydrogen) atoms. The lowest BCUT2D eigenvalue weighted by Crippen LogP contribution is -2.20. The van der Waals surface area contributed by atoms with Crippen LogP contribution >= 0.6 is 22.6 Å². The summed E-state index contributed by atoms with van der Waals surface area (Å²) in [5.41, 5.74) is 3.07. The third-order valence-electron chi connectivity index (χ3n) is 4.69. The van der Waals surface area contributed by atoms with Crippen LogP contribution in [-0.2, 0) is 14.8 Å². The second kappa shape index (κ2) is 10.4. The highest BCUT2D eigenvalue weighted by Gasteiger charge is 2.15. The normalized spacial score (nSPS) is 11.3. The van der Waals surface area contributed by atoms with Gasteiger partial charge in [-0.15, -0.1) is 0 Å². The molecule has 3 rings (SSSR count). The summed E-state index contributed by atoms with van der Waals surface area (Å²) in [6.07, 6.45) is 0. The number of anilines is 2. The first kappa shape index (κ1) is 24.1. The third kappa shape index (κ3) is 6.46. The number of sulfonamides is 1. The largest absolute Gasteiger partial charge is 0.483 e. The van der Waals surface area contributed by atoms with Crippen LogP contribution in [0.4, 0.5) is 11.4 Å². The Morgan fingerprint density at radius 2 is 1.59 bits per heavy atom. The van der Waals surface area contributed by atoms with Gasteiger partial charge in [-0.2, -0.15) is 0 Å². The monoisotopic (exact) mass is 564 g/mol. The number of rotatable bonds is 8. The second-order valence-electron chi connectivity index (χ2n) is 7.67. The molecule has 0 fully saturated rings. The van der Waals surface area contributed by atoms with Gasteiger partial charge in [-0.25, -0.2) is 8.42 Å². The van der Waals surface area contributed by atoms with Crippen LogP contribution in [0, 0.1) is 10.5 Å². The number of benzene rings is 3. The number of carbonyl (C=O) groups is 1. The first-order valence-electron chi connectivity index (χ1n) is 10.1. The van der Waals surface area contributed by atoms with Crippen molar-refractivity contribution in [2.24, 2.45) is 0 Å². The van der Waals surface area contributed by atoms with Gasteiger partial charge in [-0.1, -0.05) is 26.0 Å². The van der Waals surface area contributed by atoms with Gasteiger partial charge in [0, 0.05) is 14.9 Å². The molecule has 0 saturated carbocycles. The molecule has 1 amide bonds. The van der Waals surface area contributed by atoms with Gasteiger partial charge >= 0.3 is 0 Å². The Labute approximate surface area is 202 Å². The molecule has 2 N–H and O–H groups in total. The zero-order valence-corrected chi connectivity index (χ0v) is 21.0. The molecule has 8 heteroatoms. The molecule has 0 unspecified atom stereocenters. The summed E-state index contributed by atoms with van der Waals surface area (Å²) in [6, 6.07) is 19.0. The first-order valence-corrected chi connectivity index (χ1v) is 12.6. The second-order valence-corrected chi connectivity index (χ2v) is 10.6. The van der Waals surface area contributed by atoms with Crippen LogP contribution in [0.15, 0.2) is 71.6 Å². The Hall–Kier alpha value is -2.59. The molecule has 0 spiro atoms. The van der Waals surface area contributed by atoms with E-state index in [1.54, 1.807) is 24.3 Å². The zero-order valence-electron chi connectivity index (χ0n) is 18.1. The van der Waals surface area contributed by atoms with E-state index in [-0.39, 0.29) is 23.3 Å². The van der Waals surface area contributed by atoms with Crippen LogP contribution in [0.25, 0.3) is 0 Å². The highest BCUT2D eigenvalue weighted by molar-refractivity contribution is 14.1. The molecule has 0 saturated heterocycles. The molecule has 3 aromatic rings. The number of ether oxygens (including phenoxy) is 1. The molecule has 0 aliphatic heterocycles. The van der Waals surface area contributed by atoms with E-state index >= 15 is 0 Å². The molecule has 0 aliphatic carbocycles. The Kier molecular flexibility index (Phi) is 7.78. The third-order valence-corrected chi connectivity index (χ3v) is 6.81. The van der Waals surface area contributed by atoms with Gasteiger partial charge in [0.05, 0.1) is 4.90 Å². The van der Waals surface area contributed by atoms with Crippen LogP contribution in [-0.4, -0.2) is 20.9 Å². The molecule has 0 aliphatic rings. The van der Waals surface area contributed by atoms with Gasteiger partial charge in [0.2, 0.25) is 0 Å². The summed E-state index contributed by atoms with van der Waals surface area (Å²) in [7, 11) is -3.72. The van der Waals surface area contributed by atoms with Crippen LogP contribution < -0.4 is 14.8 Å². The maximum absolute atomic E-state index is 12.6. The van der Waals surface area contributed by atoms with Gasteiger partial charge in [-0.05, 0) is 101 Å². The zero-order chi connectivity index (χ0) is 23.3. The minimum absolute atomic E-state index is 0.103. The van der Waals surface area contributed by atoms with Crippen molar-refractivity contribution in [3.63, 3.8) is 0 Å². The molecule has 6 nitrogen and oxygen atoms in total. The van der Waals surface area contributed by atoms with Crippen LogP contribution in [0.3, 0.4) is 0 Å². The average molecular weight is 564 g/mol. The molecule has 0 bridgehead atoms. The number of aryl methyl sites for hydroxylation is 1. The van der Waals surface area contributed by atoms with Crippen molar-refractivity contribution < 1.29 is 17.9 Å². The Bertz CT molecular complexity index is 1190. The average Bonchev–Trinajstić information content (AvgIpc) is 2.74. The quantitative estimate of drug-likeness (QED) is 0.352. The SMILES string of the molecule is Cc1ccc(C(C)C)c(OCC(=O)Nc2ccc(S(=O)(=O)Nc3ccc(I)cc3)cc2)c1. The Balaban J connectivity index is 1.61. The van der Waals surface area contributed by atoms with Crippen LogP contribution in [0.1, 0.15) is 30.9 Å². The summed E-state index contributed by atoms with van der Waals surface area (Å²) in [5, 5.41) is 2.73. The number of amides is 1. The summed E-state index contributed by atoms with van der Waals surface area (Å²) in [5.74, 6) is 0.642. The maximum Gasteiger partial charge on any atom is 0.262 e. The number of hydrogen-bond donors (Lipinski definition) is 2. The van der Waals surface area contributed by atoms with Crippen LogP contribution in [0.2, 0.25) is 0 Å². The smallest absolute Gasteiger partial charge is 0.262 e. The molecular weight excluding hydrogens is 539 g/mol. The maximum atomic E-state index is 12.6. The molecule has 0 aromatic heterocycles. The Morgan fingerprint density at radius 1 is 0.969 bits per heavy atom. The van der Waals surface area contributed by atoms with E-state index in [4.69, 9.17) is 4.74 Å². The number of hydrogen-bond acceptors (Lipinski definition) is 4. The van der Waals surface area contributed by atoms with Crippen molar-refractivity contribution in [1.82, 2.24) is 0 Å². The van der Waals surface area contributed by atoms with Gasteiger partial charge in [0.1, 0.15) is 5.75 Å². The van der Waals surface area contributed by atoms with Crippen molar-refractivity contribution in [2.45, 2.75) is 31.6 Å². The molecule has 0 atom stereocenters. The number of halogens is 1. The minimum atomic E-state index is -3.72. The molecule has 3 aromatic carbocycles. The first-order chi connectivity index (χ1) is 15.1. The van der Waals surface area contributed by atoms with E-state index in [0.29, 0.717) is 17.1 Å². The van der Waals surface area contributed by atoms with E-state index in [9.17, 15) is 13.2 Å². The summed E-state index contributed by atoms with van der Waals surface area (Å²) in [4.78, 5) is 12.4. The lowest BCUT2D eigenvalue weighted by molar-refractivity contribution is -0.118. The lowest BCUT2D eigenvalue weighted by Gasteiger charge is -2.15. The molecule has 0 radical (unpaired) electrons. The Morgan fingerprint density at radius 3 is 2.22 bits per heavy atom. The fourth-order valence-electron chi connectivity index (χ4n) is 3.03. The highest BCUT2D eigenvalue weighted by Crippen LogP contribution is 2.27. The standard InChI is InChI=1S/C24H25IN2O4S/c1-16(2)22-13-4-17(3)14-23(22)31-15-24(28)26-19-9-11-21(12-10-19)32(29,30)27-20-7-5-18(25)6-8-20/h4-14,16,27H,15H2,1-3H3,(H,26,28). The fraction of sp³-hybridized carbons (Fsp3) is 0.208. The van der Waals surface area contributed by atoms with Gasteiger partial charge in [0.25, 0.3) is 15.9 Å². The molecule has 0 heterocycles. The summed E-state index contributed by atoms with van der Waals surface area (Å²) >= 11 is 2.15. The van der Waals surface area contributed by atoms with Crippen molar-refractivity contribution in [2.75, 3.05) is 16.6 Å². The minimum Gasteiger partial charge on any atom is -0.483 e. The molecular formula is C24H25IN2O4S. The van der Waals surface area contributed by atoms with Crippen molar-refractivity contribution in [3.05, 3.63) is 81.4 Å². The van der Waals surface area contributed by atoms with Crippen molar-refractivity contribution in [1.29, 1.82) is 0 Å². The topological polar surface area (TPSA) is 84.5 Å². The number of carbonyl (C=O) groups excluding carboxylic acids is 1. The van der Waals surface area contributed by atoms with Crippen molar-refractivity contribution >= 4 is 49.9 Å². The lowest BCUT2D eigenvalue weighted by atomic mass is 10.0.